The fraction of sp³-hybridized carbons (Fsp3) is 0.600. The Morgan fingerprint density at radius 1 is 0.931 bits per heavy atom. The number of hydrogen-bond donors (Lipinski definition) is 8. The first-order valence-corrected chi connectivity index (χ1v) is 9.02. The lowest BCUT2D eigenvalue weighted by atomic mass is 10.1. The number of nitrogens with two attached hydrogens (primary N) is 2. The van der Waals surface area contributed by atoms with Crippen LogP contribution in [0.4, 0.5) is 0 Å². The van der Waals surface area contributed by atoms with Gasteiger partial charge in [-0.1, -0.05) is 0 Å². The first-order chi connectivity index (χ1) is 13.4. The standard InChI is InChI=1S/C15H25N5O8S/c1-6(15(27)28)18-14(26)9(5-29)20-13(25)8(2-3-11(22)23)19-12(24)7(16)4-10(17)21/h6-9,29H,2-5,16H2,1H3,(H2,17,21)(H,18,26)(H,19,24)(H,20,25)(H,22,23)(H,27,28). The van der Waals surface area contributed by atoms with E-state index in [2.05, 4.69) is 28.6 Å². The van der Waals surface area contributed by atoms with Crippen LogP contribution in [-0.2, 0) is 28.8 Å². The largest absolute Gasteiger partial charge is 0.481 e. The lowest BCUT2D eigenvalue weighted by Crippen LogP contribution is -2.57. The van der Waals surface area contributed by atoms with Gasteiger partial charge in [0.2, 0.25) is 23.6 Å². The summed E-state index contributed by atoms with van der Waals surface area (Å²) >= 11 is 3.92. The normalized spacial score (nSPS) is 14.6. The number of primary amides is 1. The summed E-state index contributed by atoms with van der Waals surface area (Å²) in [7, 11) is 0. The van der Waals surface area contributed by atoms with E-state index in [0.29, 0.717) is 0 Å². The minimum atomic E-state index is -1.38. The van der Waals surface area contributed by atoms with Crippen molar-refractivity contribution < 1.29 is 39.0 Å². The molecule has 0 aliphatic heterocycles. The van der Waals surface area contributed by atoms with Crippen LogP contribution in [-0.4, -0.2) is 75.7 Å². The first kappa shape index (κ1) is 26.1. The molecule has 13 nitrogen and oxygen atoms in total. The van der Waals surface area contributed by atoms with E-state index in [0.717, 1.165) is 0 Å². The van der Waals surface area contributed by atoms with Crippen LogP contribution in [0.15, 0.2) is 0 Å². The van der Waals surface area contributed by atoms with Crippen LogP contribution in [0.1, 0.15) is 26.2 Å². The molecule has 4 atom stereocenters. The molecule has 0 heterocycles. The van der Waals surface area contributed by atoms with E-state index in [1.807, 2.05) is 0 Å². The Morgan fingerprint density at radius 2 is 1.45 bits per heavy atom. The molecule has 0 rings (SSSR count). The molecule has 9 N–H and O–H groups in total. The quantitative estimate of drug-likeness (QED) is 0.134. The smallest absolute Gasteiger partial charge is 0.325 e. The summed E-state index contributed by atoms with van der Waals surface area (Å²) in [6.07, 6.45) is -1.31. The summed E-state index contributed by atoms with van der Waals surface area (Å²) in [5, 5.41) is 24.3. The second kappa shape index (κ2) is 12.6. The van der Waals surface area contributed by atoms with E-state index in [1.165, 1.54) is 6.92 Å². The van der Waals surface area contributed by atoms with Crippen LogP contribution in [0, 0.1) is 0 Å². The number of carbonyl (C=O) groups is 6. The van der Waals surface area contributed by atoms with E-state index in [1.54, 1.807) is 0 Å². The van der Waals surface area contributed by atoms with Crippen LogP contribution in [0.2, 0.25) is 0 Å². The Balaban J connectivity index is 5.19. The average molecular weight is 435 g/mol. The zero-order valence-electron chi connectivity index (χ0n) is 15.6. The Kier molecular flexibility index (Phi) is 11.3. The monoisotopic (exact) mass is 435 g/mol. The van der Waals surface area contributed by atoms with Gasteiger partial charge in [0.15, 0.2) is 0 Å². The molecule has 0 aromatic rings. The molecule has 0 aromatic heterocycles. The van der Waals surface area contributed by atoms with Crippen molar-refractivity contribution in [3.63, 3.8) is 0 Å². The SMILES string of the molecule is CC(NC(=O)C(CS)NC(=O)C(CCC(=O)O)NC(=O)C(N)CC(N)=O)C(=O)O. The van der Waals surface area contributed by atoms with Gasteiger partial charge < -0.3 is 37.6 Å². The summed E-state index contributed by atoms with van der Waals surface area (Å²) in [5.41, 5.74) is 10.4. The lowest BCUT2D eigenvalue weighted by molar-refractivity contribution is -0.141. The Morgan fingerprint density at radius 3 is 1.90 bits per heavy atom. The number of thiol groups is 1. The Hall–Kier alpha value is -2.87. The van der Waals surface area contributed by atoms with Crippen LogP contribution in [0.3, 0.4) is 0 Å². The van der Waals surface area contributed by atoms with Crippen LogP contribution in [0.25, 0.3) is 0 Å². The van der Waals surface area contributed by atoms with Gasteiger partial charge in [-0.25, -0.2) is 0 Å². The van der Waals surface area contributed by atoms with Crippen molar-refractivity contribution in [2.45, 2.75) is 50.4 Å². The first-order valence-electron chi connectivity index (χ1n) is 8.39. The third-order valence-electron chi connectivity index (χ3n) is 3.58. The summed E-state index contributed by atoms with van der Waals surface area (Å²) in [6.45, 7) is 1.22. The minimum absolute atomic E-state index is 0.204. The van der Waals surface area contributed by atoms with Gasteiger partial charge in [0.1, 0.15) is 18.1 Å². The third kappa shape index (κ3) is 10.3. The van der Waals surface area contributed by atoms with E-state index < -0.39 is 72.6 Å². The van der Waals surface area contributed by atoms with Crippen LogP contribution < -0.4 is 27.4 Å². The summed E-state index contributed by atoms with van der Waals surface area (Å²) in [5.74, 6) is -6.25. The molecule has 4 amide bonds. The highest BCUT2D eigenvalue weighted by molar-refractivity contribution is 7.80. The molecular formula is C15H25N5O8S. The molecule has 0 spiro atoms. The van der Waals surface area contributed by atoms with E-state index in [9.17, 15) is 28.8 Å². The highest BCUT2D eigenvalue weighted by Gasteiger charge is 2.29. The molecule has 0 aliphatic rings. The van der Waals surface area contributed by atoms with Crippen molar-refractivity contribution in [2.75, 3.05) is 5.75 Å². The number of carboxylic acid groups (broad SMARTS) is 2. The van der Waals surface area contributed by atoms with Gasteiger partial charge in [0.05, 0.1) is 12.5 Å². The van der Waals surface area contributed by atoms with Gasteiger partial charge in [-0.3, -0.25) is 28.8 Å². The average Bonchev–Trinajstić information content (AvgIpc) is 2.61. The minimum Gasteiger partial charge on any atom is -0.481 e. The van der Waals surface area contributed by atoms with Crippen molar-refractivity contribution >= 4 is 48.2 Å². The molecule has 164 valence electrons. The topological polar surface area (TPSA) is 231 Å². The van der Waals surface area contributed by atoms with Gasteiger partial charge in [0.25, 0.3) is 0 Å². The second-order valence-corrected chi connectivity index (χ2v) is 6.45. The third-order valence-corrected chi connectivity index (χ3v) is 3.95. The molecule has 14 heteroatoms. The molecule has 0 bridgehead atoms. The van der Waals surface area contributed by atoms with E-state index >= 15 is 0 Å². The Labute approximate surface area is 171 Å². The fourth-order valence-corrected chi connectivity index (χ4v) is 2.22. The predicted octanol–water partition coefficient (Wildman–Crippen LogP) is -3.46. The van der Waals surface area contributed by atoms with Crippen molar-refractivity contribution in [1.29, 1.82) is 0 Å². The number of aliphatic carboxylic acids is 2. The highest BCUT2D eigenvalue weighted by atomic mass is 32.1. The lowest BCUT2D eigenvalue weighted by Gasteiger charge is -2.23. The summed E-state index contributed by atoms with van der Waals surface area (Å²) in [6, 6.07) is -5.22. The molecule has 0 aliphatic carbocycles. The highest BCUT2D eigenvalue weighted by Crippen LogP contribution is 2.02. The molecule has 4 unspecified atom stereocenters. The maximum absolute atomic E-state index is 12.4. The molecule has 0 saturated heterocycles. The summed E-state index contributed by atoms with van der Waals surface area (Å²) < 4.78 is 0. The second-order valence-electron chi connectivity index (χ2n) is 6.08. The molecule has 0 radical (unpaired) electrons. The van der Waals surface area contributed by atoms with Gasteiger partial charge in [-0.15, -0.1) is 0 Å². The zero-order chi connectivity index (χ0) is 22.7. The molecule has 29 heavy (non-hydrogen) atoms. The number of rotatable bonds is 13. The Bertz CT molecular complexity index is 659. The summed E-state index contributed by atoms with van der Waals surface area (Å²) in [4.78, 5) is 69.0. The fourth-order valence-electron chi connectivity index (χ4n) is 1.97. The molecular weight excluding hydrogens is 410 g/mol. The maximum atomic E-state index is 12.4. The van der Waals surface area contributed by atoms with Crippen LogP contribution >= 0.6 is 12.6 Å². The zero-order valence-corrected chi connectivity index (χ0v) is 16.5. The molecule has 0 fully saturated rings. The van der Waals surface area contributed by atoms with Gasteiger partial charge in [-0.2, -0.15) is 12.6 Å². The van der Waals surface area contributed by atoms with E-state index in [4.69, 9.17) is 21.7 Å². The molecule has 0 aromatic carbocycles. The number of carboxylic acids is 2. The predicted molar refractivity (Wildman–Crippen MR) is 102 cm³/mol. The number of amides is 4. The van der Waals surface area contributed by atoms with Crippen molar-refractivity contribution in [2.24, 2.45) is 11.5 Å². The molecule has 0 saturated carbocycles. The van der Waals surface area contributed by atoms with Crippen molar-refractivity contribution in [3.8, 4) is 0 Å². The van der Waals surface area contributed by atoms with Gasteiger partial charge >= 0.3 is 11.9 Å². The number of nitrogens with one attached hydrogen (secondary N) is 3. The maximum Gasteiger partial charge on any atom is 0.325 e. The van der Waals surface area contributed by atoms with Crippen LogP contribution in [0.5, 0.6) is 0 Å². The van der Waals surface area contributed by atoms with Gasteiger partial charge in [-0.05, 0) is 13.3 Å². The number of carbonyl (C=O) groups excluding carboxylic acids is 4. The van der Waals surface area contributed by atoms with Gasteiger partial charge in [0, 0.05) is 12.2 Å². The van der Waals surface area contributed by atoms with Crippen molar-refractivity contribution in [3.05, 3.63) is 0 Å². The van der Waals surface area contributed by atoms with Crippen molar-refractivity contribution in [1.82, 2.24) is 16.0 Å². The van der Waals surface area contributed by atoms with E-state index in [-0.39, 0.29) is 12.2 Å². The number of hydrogen-bond acceptors (Lipinski definition) is 8.